The summed E-state index contributed by atoms with van der Waals surface area (Å²) in [6.07, 6.45) is 1.01. The van der Waals surface area contributed by atoms with Crippen molar-refractivity contribution in [2.75, 3.05) is 5.75 Å². The zero-order valence-corrected chi connectivity index (χ0v) is 23.5. The number of nitrogens with one attached hydrogen (secondary N) is 1. The van der Waals surface area contributed by atoms with E-state index in [1.54, 1.807) is 11.8 Å². The Balaban J connectivity index is 1.41. The number of benzene rings is 3. The fourth-order valence-electron chi connectivity index (χ4n) is 4.86. The lowest BCUT2D eigenvalue weighted by atomic mass is 9.91. The number of ether oxygens (including phenoxy) is 2. The Hall–Kier alpha value is -3.49. The van der Waals surface area contributed by atoms with Gasteiger partial charge in [-0.05, 0) is 52.1 Å². The number of carbonyl (C=O) groups excluding carboxylic acids is 1. The minimum atomic E-state index is -0.546. The van der Waals surface area contributed by atoms with Crippen molar-refractivity contribution in [1.29, 1.82) is 0 Å². The molecular formula is C33H34N2O4S. The van der Waals surface area contributed by atoms with Crippen LogP contribution in [0.4, 0.5) is 0 Å². The topological polar surface area (TPSA) is 80.7 Å². The summed E-state index contributed by atoms with van der Waals surface area (Å²) in [5.41, 5.74) is 6.03. The number of pyridine rings is 1. The summed E-state index contributed by atoms with van der Waals surface area (Å²) in [5.74, 6) is 0.791. The number of nitrogens with zero attached hydrogens (tertiary/aromatic N) is 1. The Labute approximate surface area is 239 Å². The largest absolute Gasteiger partial charge is 0.392 e. The lowest BCUT2D eigenvalue weighted by Crippen LogP contribution is -2.38. The second-order valence-corrected chi connectivity index (χ2v) is 11.1. The van der Waals surface area contributed by atoms with E-state index in [4.69, 9.17) is 9.47 Å². The number of aliphatic hydroxyl groups excluding tert-OH is 1. The van der Waals surface area contributed by atoms with Gasteiger partial charge in [0.05, 0.1) is 23.8 Å². The predicted molar refractivity (Wildman–Crippen MR) is 157 cm³/mol. The van der Waals surface area contributed by atoms with Crippen molar-refractivity contribution >= 4 is 17.7 Å². The van der Waals surface area contributed by atoms with E-state index < -0.39 is 6.29 Å². The van der Waals surface area contributed by atoms with E-state index in [9.17, 15) is 9.90 Å². The molecular weight excluding hydrogens is 520 g/mol. The Kier molecular flexibility index (Phi) is 9.29. The van der Waals surface area contributed by atoms with Crippen LogP contribution in [0.5, 0.6) is 0 Å². The molecule has 1 aliphatic rings. The van der Waals surface area contributed by atoms with Crippen LogP contribution in [-0.4, -0.2) is 27.9 Å². The summed E-state index contributed by atoms with van der Waals surface area (Å²) in [4.78, 5) is 15.8. The first-order chi connectivity index (χ1) is 19.5. The van der Waals surface area contributed by atoms with Crippen LogP contribution in [0, 0.1) is 5.92 Å². The number of aromatic nitrogens is 1. The maximum absolute atomic E-state index is 11.4. The Morgan fingerprint density at radius 1 is 0.900 bits per heavy atom. The van der Waals surface area contributed by atoms with Gasteiger partial charge in [0.15, 0.2) is 6.29 Å². The van der Waals surface area contributed by atoms with Crippen LogP contribution in [0.2, 0.25) is 0 Å². The quantitative estimate of drug-likeness (QED) is 0.231. The van der Waals surface area contributed by atoms with Gasteiger partial charge < -0.3 is 19.9 Å². The lowest BCUT2D eigenvalue weighted by Gasteiger charge is -2.41. The van der Waals surface area contributed by atoms with Crippen molar-refractivity contribution in [3.8, 4) is 11.1 Å². The molecule has 4 unspecified atom stereocenters. The highest BCUT2D eigenvalue weighted by molar-refractivity contribution is 7.99. The van der Waals surface area contributed by atoms with E-state index in [0.29, 0.717) is 6.54 Å². The van der Waals surface area contributed by atoms with Gasteiger partial charge in [-0.1, -0.05) is 73.7 Å². The molecule has 0 bridgehead atoms. The average Bonchev–Trinajstić information content (AvgIpc) is 3.00. The van der Waals surface area contributed by atoms with E-state index >= 15 is 0 Å². The normalized spacial score (nSPS) is 20.7. The minimum absolute atomic E-state index is 0.00917. The first kappa shape index (κ1) is 28.1. The van der Waals surface area contributed by atoms with Crippen LogP contribution in [0.15, 0.2) is 102 Å². The van der Waals surface area contributed by atoms with Gasteiger partial charge in [-0.25, -0.2) is 4.98 Å². The second-order valence-electron chi connectivity index (χ2n) is 10.0. The zero-order valence-electron chi connectivity index (χ0n) is 22.7. The fourth-order valence-corrected chi connectivity index (χ4v) is 5.89. The lowest BCUT2D eigenvalue weighted by molar-refractivity contribution is -0.268. The van der Waals surface area contributed by atoms with Gasteiger partial charge in [0.25, 0.3) is 0 Å². The summed E-state index contributed by atoms with van der Waals surface area (Å²) < 4.78 is 13.3. The van der Waals surface area contributed by atoms with Crippen molar-refractivity contribution in [2.45, 2.75) is 50.5 Å². The molecule has 1 aromatic heterocycles. The van der Waals surface area contributed by atoms with Crippen molar-refractivity contribution in [2.24, 2.45) is 5.92 Å². The van der Waals surface area contributed by atoms with Gasteiger partial charge in [-0.2, -0.15) is 0 Å². The van der Waals surface area contributed by atoms with E-state index in [-0.39, 0.29) is 30.6 Å². The molecule has 0 saturated carbocycles. The zero-order chi connectivity index (χ0) is 27.9. The summed E-state index contributed by atoms with van der Waals surface area (Å²) in [5, 5.41) is 13.3. The standard InChI is InChI=1S/C33H34N2O4S/c1-22-30(21-40-31-11-3-4-16-34-31)38-33(39-32(22)26-14-12-24(20-36)13-15-26)29-10-6-9-28(18-29)27-8-5-7-25(17-27)19-35-23(2)37/h3-18,22,30,32-33,36H,19-21H2,1-2H3,(H,35,37). The number of carbonyl (C=O) groups is 1. The van der Waals surface area contributed by atoms with Crippen LogP contribution in [0.1, 0.15) is 48.5 Å². The van der Waals surface area contributed by atoms with Crippen LogP contribution < -0.4 is 5.32 Å². The number of hydrogen-bond acceptors (Lipinski definition) is 6. The Morgan fingerprint density at radius 3 is 2.40 bits per heavy atom. The molecule has 4 aromatic rings. The molecule has 1 fully saturated rings. The molecule has 206 valence electrons. The maximum atomic E-state index is 11.4. The van der Waals surface area contributed by atoms with Gasteiger partial charge in [0, 0.05) is 36.9 Å². The van der Waals surface area contributed by atoms with E-state index in [0.717, 1.165) is 44.2 Å². The molecule has 6 nitrogen and oxygen atoms in total. The first-order valence-corrected chi connectivity index (χ1v) is 14.5. The smallest absolute Gasteiger partial charge is 0.217 e. The van der Waals surface area contributed by atoms with Gasteiger partial charge in [0.1, 0.15) is 0 Å². The van der Waals surface area contributed by atoms with Crippen molar-refractivity contribution in [3.05, 3.63) is 119 Å². The third-order valence-corrected chi connectivity index (χ3v) is 8.15. The van der Waals surface area contributed by atoms with Crippen molar-refractivity contribution < 1.29 is 19.4 Å². The SMILES string of the molecule is CC(=O)NCc1cccc(-c2cccc(C3OC(CSc4ccccn4)C(C)C(c4ccc(CO)cc4)O3)c2)c1. The number of thioether (sulfide) groups is 1. The third-order valence-electron chi connectivity index (χ3n) is 7.12. The van der Waals surface area contributed by atoms with Gasteiger partial charge in [-0.3, -0.25) is 4.79 Å². The molecule has 0 aliphatic carbocycles. The molecule has 1 amide bonds. The molecule has 0 spiro atoms. The van der Waals surface area contributed by atoms with Crippen LogP contribution in [0.25, 0.3) is 11.1 Å². The minimum Gasteiger partial charge on any atom is -0.392 e. The Bertz CT molecular complexity index is 1410. The van der Waals surface area contributed by atoms with E-state index in [2.05, 4.69) is 41.5 Å². The number of hydrogen-bond donors (Lipinski definition) is 2. The molecule has 7 heteroatoms. The Morgan fingerprint density at radius 2 is 1.68 bits per heavy atom. The molecule has 4 atom stereocenters. The predicted octanol–water partition coefficient (Wildman–Crippen LogP) is 6.46. The number of amides is 1. The molecule has 1 saturated heterocycles. The van der Waals surface area contributed by atoms with Gasteiger partial charge in [0.2, 0.25) is 5.91 Å². The van der Waals surface area contributed by atoms with Crippen molar-refractivity contribution in [3.63, 3.8) is 0 Å². The van der Waals surface area contributed by atoms with Crippen molar-refractivity contribution in [1.82, 2.24) is 10.3 Å². The molecule has 2 heterocycles. The van der Waals surface area contributed by atoms with Crippen LogP contribution >= 0.6 is 11.8 Å². The maximum Gasteiger partial charge on any atom is 0.217 e. The number of aliphatic hydroxyl groups is 1. The van der Waals surface area contributed by atoms with E-state index in [1.165, 1.54) is 6.92 Å². The van der Waals surface area contributed by atoms with Crippen LogP contribution in [-0.2, 0) is 27.4 Å². The second kappa shape index (κ2) is 13.2. The molecule has 2 N–H and O–H groups in total. The highest BCUT2D eigenvalue weighted by Gasteiger charge is 2.38. The molecule has 40 heavy (non-hydrogen) atoms. The summed E-state index contributed by atoms with van der Waals surface area (Å²) in [6.45, 7) is 4.19. The van der Waals surface area contributed by atoms with Crippen LogP contribution in [0.3, 0.4) is 0 Å². The number of rotatable bonds is 9. The summed E-state index contributed by atoms with van der Waals surface area (Å²) >= 11 is 1.68. The van der Waals surface area contributed by atoms with E-state index in [1.807, 2.05) is 72.9 Å². The van der Waals surface area contributed by atoms with Gasteiger partial charge >= 0.3 is 0 Å². The molecule has 0 radical (unpaired) electrons. The van der Waals surface area contributed by atoms with Gasteiger partial charge in [-0.15, -0.1) is 11.8 Å². The molecule has 3 aromatic carbocycles. The molecule has 5 rings (SSSR count). The monoisotopic (exact) mass is 554 g/mol. The highest BCUT2D eigenvalue weighted by atomic mass is 32.2. The summed E-state index contributed by atoms with van der Waals surface area (Å²) in [7, 11) is 0. The fraction of sp³-hybridized carbons (Fsp3) is 0.273. The average molecular weight is 555 g/mol. The molecule has 1 aliphatic heterocycles. The summed E-state index contributed by atoms with van der Waals surface area (Å²) in [6, 6.07) is 30.3. The first-order valence-electron chi connectivity index (χ1n) is 13.5. The highest BCUT2D eigenvalue weighted by Crippen LogP contribution is 2.43. The third kappa shape index (κ3) is 6.98.